The second-order valence-corrected chi connectivity index (χ2v) is 24.7. The third kappa shape index (κ3) is 19.5. The number of aromatic hydroxyl groups is 1. The quantitative estimate of drug-likeness (QED) is 0.00720. The van der Waals surface area contributed by atoms with Crippen LogP contribution in [0.25, 0.3) is 22.3 Å². The largest absolute Gasteiger partial charge is 0.508 e. The fourth-order valence-electron chi connectivity index (χ4n) is 12.5. The van der Waals surface area contributed by atoms with Crippen molar-refractivity contribution in [3.05, 3.63) is 251 Å². The molecule has 0 heterocycles. The Labute approximate surface area is 583 Å². The van der Waals surface area contributed by atoms with Crippen molar-refractivity contribution in [1.82, 2.24) is 37.2 Å². The highest BCUT2D eigenvalue weighted by molar-refractivity contribution is 5.95. The second-order valence-electron chi connectivity index (χ2n) is 24.7. The third-order valence-electron chi connectivity index (χ3n) is 17.6. The smallest absolute Gasteiger partial charge is 0.407 e. The summed E-state index contributed by atoms with van der Waals surface area (Å²) < 4.78 is 17.5. The molecule has 8 amide bonds. The van der Waals surface area contributed by atoms with Gasteiger partial charge in [0, 0.05) is 50.5 Å². The Bertz CT molecular complexity index is 4200. The zero-order valence-corrected chi connectivity index (χ0v) is 55.1. The van der Waals surface area contributed by atoms with Crippen LogP contribution in [0.15, 0.2) is 206 Å². The van der Waals surface area contributed by atoms with Gasteiger partial charge in [0.2, 0.25) is 35.4 Å². The molecule has 101 heavy (non-hydrogen) atoms. The van der Waals surface area contributed by atoms with Gasteiger partial charge in [-0.2, -0.15) is 0 Å². The lowest BCUT2D eigenvalue weighted by molar-refractivity contribution is -0.136. The highest BCUT2D eigenvalue weighted by Crippen LogP contribution is 2.46. The van der Waals surface area contributed by atoms with E-state index in [9.17, 15) is 48.3 Å². The number of hydrogen-bond donors (Lipinski definition) is 12. The summed E-state index contributed by atoms with van der Waals surface area (Å²) in [4.78, 5) is 125. The molecule has 24 nitrogen and oxygen atoms in total. The monoisotopic (exact) mass is 1370 g/mol. The Morgan fingerprint density at radius 3 is 1.13 bits per heavy atom. The van der Waals surface area contributed by atoms with E-state index in [4.69, 9.17) is 36.8 Å². The summed E-state index contributed by atoms with van der Waals surface area (Å²) in [5, 5.41) is 36.5. The highest BCUT2D eigenvalue weighted by atomic mass is 16.6. The molecule has 0 aliphatic heterocycles. The lowest BCUT2D eigenvalue weighted by Gasteiger charge is -2.25. The van der Waals surface area contributed by atoms with Gasteiger partial charge in [-0.05, 0) is 110 Å². The van der Waals surface area contributed by atoms with E-state index in [1.165, 1.54) is 36.4 Å². The average Bonchev–Trinajstić information content (AvgIpc) is 1.62. The first-order chi connectivity index (χ1) is 48.8. The number of nitrogens with two attached hydrogens (primary N) is 3. The Morgan fingerprint density at radius 2 is 0.733 bits per heavy atom. The van der Waals surface area contributed by atoms with Gasteiger partial charge in [0.15, 0.2) is 5.96 Å². The van der Waals surface area contributed by atoms with Crippen molar-refractivity contribution in [2.75, 3.05) is 19.8 Å². The number of amides is 8. The number of primary amides is 2. The molecule has 0 aromatic heterocycles. The predicted octanol–water partition coefficient (Wildman–Crippen LogP) is 6.34. The molecular formula is C77H79N11O13. The first-order valence-electron chi connectivity index (χ1n) is 33.1. The maximum Gasteiger partial charge on any atom is 0.407 e. The van der Waals surface area contributed by atoms with Crippen LogP contribution >= 0.6 is 0 Å². The van der Waals surface area contributed by atoms with Crippen molar-refractivity contribution in [2.45, 2.75) is 99.5 Å². The van der Waals surface area contributed by atoms with Gasteiger partial charge in [-0.1, -0.05) is 182 Å². The maximum absolute atomic E-state index is 14.7. The van der Waals surface area contributed by atoms with E-state index in [2.05, 4.69) is 37.2 Å². The number of phenols is 1. The summed E-state index contributed by atoms with van der Waals surface area (Å²) in [7, 11) is 0. The number of nitrogens with one attached hydrogen (secondary N) is 8. The van der Waals surface area contributed by atoms with Gasteiger partial charge >= 0.3 is 18.2 Å². The molecule has 24 heteroatoms. The molecule has 2 aliphatic rings. The minimum atomic E-state index is -1.55. The zero-order valence-electron chi connectivity index (χ0n) is 55.1. The summed E-state index contributed by atoms with van der Waals surface area (Å²) in [5.74, 6) is -6.89. The van der Waals surface area contributed by atoms with E-state index in [1.54, 1.807) is 72.8 Å². The number of alkyl carbamates (subject to hydrolysis) is 2. The van der Waals surface area contributed by atoms with E-state index in [1.807, 2.05) is 97.1 Å². The van der Waals surface area contributed by atoms with Crippen molar-refractivity contribution in [3.8, 4) is 33.8 Å². The Morgan fingerprint density at radius 1 is 0.396 bits per heavy atom. The van der Waals surface area contributed by atoms with Crippen LogP contribution in [0.4, 0.5) is 9.59 Å². The van der Waals surface area contributed by atoms with Crippen LogP contribution in [-0.2, 0) is 68.7 Å². The van der Waals surface area contributed by atoms with Gasteiger partial charge in [-0.3, -0.25) is 39.0 Å². The highest BCUT2D eigenvalue weighted by Gasteiger charge is 2.35. The molecule has 8 aromatic carbocycles. The third-order valence-corrected chi connectivity index (χ3v) is 17.6. The first kappa shape index (κ1) is 71.4. The molecule has 0 unspecified atom stereocenters. The molecule has 10 rings (SSSR count). The zero-order chi connectivity index (χ0) is 71.4. The summed E-state index contributed by atoms with van der Waals surface area (Å²) in [6.45, 7) is -0.0349. The summed E-state index contributed by atoms with van der Waals surface area (Å²) in [6.07, 6.45) is -2.93. The van der Waals surface area contributed by atoms with Crippen LogP contribution < -0.4 is 59.2 Å². The van der Waals surface area contributed by atoms with Gasteiger partial charge in [0.1, 0.15) is 61.0 Å². The molecule has 0 saturated heterocycles. The molecule has 0 spiro atoms. The Kier molecular flexibility index (Phi) is 24.2. The number of benzene rings is 8. The number of fused-ring (bicyclic) bond motifs is 6. The fourth-order valence-corrected chi connectivity index (χ4v) is 12.5. The topological polar surface area (TPSA) is 388 Å². The van der Waals surface area contributed by atoms with Crippen molar-refractivity contribution in [2.24, 2.45) is 17.2 Å². The number of guanidine groups is 1. The minimum Gasteiger partial charge on any atom is -0.508 e. The number of carbonyl (C=O) groups is 9. The number of hydrogen-bond acceptors (Lipinski definition) is 14. The van der Waals surface area contributed by atoms with E-state index in [0.717, 1.165) is 44.5 Å². The minimum absolute atomic E-state index is 0.0163. The van der Waals surface area contributed by atoms with Crippen molar-refractivity contribution in [1.29, 1.82) is 5.41 Å². The molecule has 15 N–H and O–H groups in total. The second kappa shape index (κ2) is 34.2. The Hall–Kier alpha value is -12.3. The predicted molar refractivity (Wildman–Crippen MR) is 376 cm³/mol. The summed E-state index contributed by atoms with van der Waals surface area (Å²) >= 11 is 0. The van der Waals surface area contributed by atoms with Crippen molar-refractivity contribution in [3.63, 3.8) is 0 Å². The van der Waals surface area contributed by atoms with Crippen LogP contribution in [0.2, 0.25) is 0 Å². The normalized spacial score (nSPS) is 13.6. The standard InChI is InChI=1S/C77H79N11O13/c78-69(91)64(40-46-16-3-1-4-17-46)85-71(93)62(28-15-39-82-75(80)81)83-73(95)67(88-77(98)100-45-61-58-26-13-9-22-54(58)55-23-10-14-27-59(55)61)43-49-31-35-51(36-32-49)101-68(90)38-37-63(72(94)86-65(70(79)92)41-47-18-5-2-6-19-47)84-74(96)66(42-48-29-33-50(89)34-30-48)87-76(97)99-44-60-56-24-11-7-20-52(56)53-21-8-12-25-57(53)60/h1-14,16-27,29-36,60-67,89H,15,28,37-45H2,(H2,78,91)(H2,79,92)(H,83,95)(H,84,96)(H,85,93)(H,86,94)(H,87,97)(H,88,98)(H4,80,81,82)/t62-,63-,64-,65-,66-,67-/m0/s1. The van der Waals surface area contributed by atoms with Crippen LogP contribution in [-0.4, -0.2) is 121 Å². The fraction of sp³-hybridized carbons (Fsp3) is 0.247. The molecule has 520 valence electrons. The van der Waals surface area contributed by atoms with Crippen LogP contribution in [0, 0.1) is 5.41 Å². The SMILES string of the molecule is N=C(N)NCCC[C@H](NC(=O)[C@H](Cc1ccc(OC(=O)CC[C@H](NC(=O)[C@H](Cc2ccc(O)cc2)NC(=O)OCC2c3ccccc3-c3ccccc32)C(=O)N[C@@H](Cc2ccccc2)C(N)=O)cc1)NC(=O)OCC1c2ccccc2-c2ccccc21)C(=O)N[C@@H](Cc1ccccc1)C(N)=O. The molecule has 0 radical (unpaired) electrons. The number of esters is 1. The number of phenolic OH excluding ortho intramolecular Hbond substituents is 1. The molecule has 0 bridgehead atoms. The Balaban J connectivity index is 0.845. The van der Waals surface area contributed by atoms with Gasteiger partial charge in [-0.25, -0.2) is 9.59 Å². The van der Waals surface area contributed by atoms with Gasteiger partial charge in [-0.15, -0.1) is 0 Å². The molecular weight excluding hydrogens is 1290 g/mol. The molecule has 6 atom stereocenters. The summed E-state index contributed by atoms with van der Waals surface area (Å²) in [5.41, 5.74) is 27.3. The van der Waals surface area contributed by atoms with E-state index in [0.29, 0.717) is 22.3 Å². The van der Waals surface area contributed by atoms with Gasteiger partial charge < -0.3 is 73.7 Å². The van der Waals surface area contributed by atoms with E-state index in [-0.39, 0.29) is 87.6 Å². The average molecular weight is 1370 g/mol. The lowest BCUT2D eigenvalue weighted by Crippen LogP contribution is -2.57. The van der Waals surface area contributed by atoms with Gasteiger partial charge in [0.05, 0.1) is 0 Å². The molecule has 8 aromatic rings. The first-order valence-corrected chi connectivity index (χ1v) is 33.1. The van der Waals surface area contributed by atoms with Gasteiger partial charge in [0.25, 0.3) is 0 Å². The van der Waals surface area contributed by atoms with E-state index >= 15 is 0 Å². The van der Waals surface area contributed by atoms with Crippen molar-refractivity contribution < 1.29 is 62.5 Å². The van der Waals surface area contributed by atoms with Crippen molar-refractivity contribution >= 4 is 59.6 Å². The number of ether oxygens (including phenoxy) is 3. The number of rotatable bonds is 32. The van der Waals surface area contributed by atoms with Crippen LogP contribution in [0.1, 0.15) is 82.0 Å². The number of carbonyl (C=O) groups excluding carboxylic acids is 9. The molecule has 2 aliphatic carbocycles. The molecule has 0 saturated carbocycles. The van der Waals surface area contributed by atoms with E-state index < -0.39 is 103 Å². The summed E-state index contributed by atoms with van der Waals surface area (Å²) in [6, 6.07) is 52.5. The van der Waals surface area contributed by atoms with Crippen LogP contribution in [0.3, 0.4) is 0 Å². The lowest BCUT2D eigenvalue weighted by atomic mass is 9.98. The molecule has 0 fully saturated rings. The van der Waals surface area contributed by atoms with Crippen LogP contribution in [0.5, 0.6) is 11.5 Å². The maximum atomic E-state index is 14.7.